The fourth-order valence-electron chi connectivity index (χ4n) is 8.31. The van der Waals surface area contributed by atoms with E-state index in [-0.39, 0.29) is 45.2 Å². The van der Waals surface area contributed by atoms with E-state index < -0.39 is 52.8 Å². The summed E-state index contributed by atoms with van der Waals surface area (Å²) in [6, 6.07) is 23.9. The normalized spacial score (nSPS) is 16.0. The fraction of sp³-hybridized carbons (Fsp3) is 0.370. The first kappa shape index (κ1) is 46.2. The summed E-state index contributed by atoms with van der Waals surface area (Å²) in [6.45, 7) is 24.3. The molecule has 1 unspecified atom stereocenters. The van der Waals surface area contributed by atoms with Crippen LogP contribution < -0.4 is 24.8 Å². The zero-order chi connectivity index (χ0) is 39.9. The van der Waals surface area contributed by atoms with Crippen molar-refractivity contribution in [1.29, 1.82) is 0 Å². The molecule has 0 spiro atoms. The average Bonchev–Trinajstić information content (AvgIpc) is 3.54. The molecule has 4 aromatic rings. The van der Waals surface area contributed by atoms with E-state index in [1.807, 2.05) is 0 Å². The molecule has 4 aromatic carbocycles. The summed E-state index contributed by atoms with van der Waals surface area (Å²) in [7, 11) is -1.89. The van der Waals surface area contributed by atoms with E-state index in [0.29, 0.717) is 14.3 Å². The van der Waals surface area contributed by atoms with E-state index in [1.165, 1.54) is 49.4 Å². The summed E-state index contributed by atoms with van der Waals surface area (Å²) in [5.74, 6) is -0.0112. The first-order valence-corrected chi connectivity index (χ1v) is 26.0. The van der Waals surface area contributed by atoms with Crippen LogP contribution in [0.5, 0.6) is 0 Å². The largest absolute Gasteiger partial charge is 1.00 e. The maximum atomic E-state index is 14.5. The molecule has 2 aliphatic rings. The van der Waals surface area contributed by atoms with Gasteiger partial charge in [0.15, 0.2) is 0 Å². The van der Waals surface area contributed by atoms with Crippen molar-refractivity contribution in [3.63, 3.8) is 0 Å². The van der Waals surface area contributed by atoms with Crippen molar-refractivity contribution in [3.8, 4) is 11.1 Å². The molecule has 0 radical (unpaired) electrons. The molecule has 0 saturated heterocycles. The van der Waals surface area contributed by atoms with Crippen LogP contribution in [0.3, 0.4) is 0 Å². The SMILES string of the molecule is CC1=[C]([Zr+2](=[C](c2cccc(C(F)(F)F)c2)c2cccc(C(F)(F)F)c2)[CH]2c3ccc(C(C)(C)C)cc3-c3cc(C(C)(C)C)ccc32)C(C)C=C1[Si](C)(C)C.[Cl-].[Cl-]. The Labute approximate surface area is 349 Å². The number of benzene rings is 4. The van der Waals surface area contributed by atoms with Crippen molar-refractivity contribution in [2.24, 2.45) is 5.92 Å². The van der Waals surface area contributed by atoms with Crippen molar-refractivity contribution < 1.29 is 72.4 Å². The molecule has 0 N–H and O–H groups in total. The molecule has 0 bridgehead atoms. The molecule has 2 aliphatic carbocycles. The topological polar surface area (TPSA) is 0 Å². The second-order valence-electron chi connectivity index (χ2n) is 18.1. The van der Waals surface area contributed by atoms with Gasteiger partial charge in [-0.15, -0.1) is 0 Å². The first-order valence-electron chi connectivity index (χ1n) is 18.6. The summed E-state index contributed by atoms with van der Waals surface area (Å²) < 4.78 is 88.5. The van der Waals surface area contributed by atoms with Gasteiger partial charge in [-0.25, -0.2) is 0 Å². The number of hydrogen-bond acceptors (Lipinski definition) is 0. The molecule has 0 aromatic heterocycles. The van der Waals surface area contributed by atoms with E-state index in [9.17, 15) is 26.3 Å². The second-order valence-corrected chi connectivity index (χ2v) is 29.2. The van der Waals surface area contributed by atoms with E-state index in [2.05, 4.69) is 118 Å². The molecule has 0 aliphatic heterocycles. The van der Waals surface area contributed by atoms with Gasteiger partial charge in [0.25, 0.3) is 0 Å². The number of rotatable bonds is 5. The molecule has 10 heteroatoms. The maximum Gasteiger partial charge on any atom is -1.00 e. The standard InChI is InChI=1S/C21H25.C15H8F6.C10H17Si.2ClH.Zr/c1-20(2,3)16-9-7-14-11-15-8-10-17(21(4,5)6)13-19(15)18(14)12-16;16-14(17,18)12-5-1-3-10(8-12)7-11-4-2-6-13(9-11)15(19,20)21;1-8-6-9(2)10(7-8)11(3,4)5;;;/h7-13H,1-6H3;1-6,8-9H;7-8H,1-5H3;2*1H;/q;;;;;+2/p-2. The summed E-state index contributed by atoms with van der Waals surface area (Å²) in [5, 5.41) is 1.32. The van der Waals surface area contributed by atoms with Crippen molar-refractivity contribution in [2.75, 3.05) is 0 Å². The summed E-state index contributed by atoms with van der Waals surface area (Å²) in [5.41, 5.74) is 6.78. The van der Waals surface area contributed by atoms with Gasteiger partial charge < -0.3 is 24.8 Å². The Morgan fingerprint density at radius 1 is 0.589 bits per heavy atom. The van der Waals surface area contributed by atoms with Gasteiger partial charge in [-0.2, -0.15) is 0 Å². The minimum Gasteiger partial charge on any atom is -1.00 e. The molecule has 0 fully saturated rings. The van der Waals surface area contributed by atoms with Crippen molar-refractivity contribution in [3.05, 3.63) is 150 Å². The molecule has 56 heavy (non-hydrogen) atoms. The van der Waals surface area contributed by atoms with Gasteiger partial charge in [0.2, 0.25) is 0 Å². The number of allylic oxidation sites excluding steroid dienone is 4. The minimum atomic E-state index is -4.62. The Morgan fingerprint density at radius 3 is 1.34 bits per heavy atom. The smallest absolute Gasteiger partial charge is 1.00 e. The number of halogens is 8. The van der Waals surface area contributed by atoms with Gasteiger partial charge in [-0.3, -0.25) is 0 Å². The van der Waals surface area contributed by atoms with Crippen LogP contribution in [0.2, 0.25) is 19.6 Å². The van der Waals surface area contributed by atoms with Gasteiger partial charge in [0, 0.05) is 0 Å². The van der Waals surface area contributed by atoms with Gasteiger partial charge in [-0.1, -0.05) is 0 Å². The second kappa shape index (κ2) is 15.9. The van der Waals surface area contributed by atoms with Crippen molar-refractivity contribution in [2.45, 2.75) is 102 Å². The molecular weight excluding hydrogens is 857 g/mol. The summed E-state index contributed by atoms with van der Waals surface area (Å²) in [6.07, 6.45) is -6.91. The third-order valence-electron chi connectivity index (χ3n) is 11.0. The molecule has 298 valence electrons. The Kier molecular flexibility index (Phi) is 13.1. The number of hydrogen-bond donors (Lipinski definition) is 0. The van der Waals surface area contributed by atoms with Gasteiger partial charge in [0.05, 0.1) is 0 Å². The van der Waals surface area contributed by atoms with Crippen LogP contribution in [-0.2, 0) is 44.4 Å². The van der Waals surface area contributed by atoms with E-state index in [0.717, 1.165) is 34.4 Å². The Morgan fingerprint density at radius 2 is 1.00 bits per heavy atom. The van der Waals surface area contributed by atoms with Crippen LogP contribution in [0.1, 0.15) is 104 Å². The molecular formula is C46H50Cl2F6SiZr. The summed E-state index contributed by atoms with van der Waals surface area (Å²) >= 11 is -3.77. The van der Waals surface area contributed by atoms with Crippen LogP contribution in [0, 0.1) is 5.92 Å². The molecule has 0 heterocycles. The van der Waals surface area contributed by atoms with E-state index in [4.69, 9.17) is 0 Å². The molecule has 0 amide bonds. The van der Waals surface area contributed by atoms with Gasteiger partial charge in [-0.05, 0) is 0 Å². The fourth-order valence-corrected chi connectivity index (χ4v) is 20.6. The predicted molar refractivity (Wildman–Crippen MR) is 211 cm³/mol. The van der Waals surface area contributed by atoms with Gasteiger partial charge in [0.1, 0.15) is 0 Å². The predicted octanol–water partition coefficient (Wildman–Crippen LogP) is 8.01. The molecule has 0 saturated carbocycles. The van der Waals surface area contributed by atoms with Crippen LogP contribution in [0.25, 0.3) is 11.1 Å². The third-order valence-corrected chi connectivity index (χ3v) is 22.4. The van der Waals surface area contributed by atoms with Crippen molar-refractivity contribution in [1.82, 2.24) is 0 Å². The van der Waals surface area contributed by atoms with Crippen molar-refractivity contribution >= 4 is 11.3 Å². The average molecular weight is 907 g/mol. The zero-order valence-electron chi connectivity index (χ0n) is 33.8. The van der Waals surface area contributed by atoms with Crippen LogP contribution in [0.15, 0.2) is 105 Å². The number of alkyl halides is 6. The monoisotopic (exact) mass is 904 g/mol. The Balaban J connectivity index is 0.00000348. The van der Waals surface area contributed by atoms with E-state index in [1.54, 1.807) is 12.1 Å². The number of fused-ring (bicyclic) bond motifs is 3. The summed E-state index contributed by atoms with van der Waals surface area (Å²) in [4.78, 5) is 0. The van der Waals surface area contributed by atoms with Gasteiger partial charge >= 0.3 is 327 Å². The Bertz CT molecular complexity index is 2120. The van der Waals surface area contributed by atoms with E-state index >= 15 is 0 Å². The minimum absolute atomic E-state index is 0. The quantitative estimate of drug-likeness (QED) is 0.141. The Hall–Kier alpha value is -2.51. The van der Waals surface area contributed by atoms with Crippen LogP contribution >= 0.6 is 0 Å². The molecule has 1 atom stereocenters. The molecule has 6 rings (SSSR count). The molecule has 0 nitrogen and oxygen atoms in total. The zero-order valence-corrected chi connectivity index (χ0v) is 38.8. The third kappa shape index (κ3) is 8.89. The first-order chi connectivity index (χ1) is 24.8. The van der Waals surface area contributed by atoms with Crippen LogP contribution in [0.4, 0.5) is 26.3 Å². The van der Waals surface area contributed by atoms with Crippen LogP contribution in [-0.4, -0.2) is 11.3 Å². The maximum absolute atomic E-state index is 14.5.